The third-order valence-electron chi connectivity index (χ3n) is 5.32. The largest absolute Gasteiger partial charge is 0.497 e. The third kappa shape index (κ3) is 3.50. The number of carbonyl (C=O) groups excluding carboxylic acids is 1. The molecule has 0 amide bonds. The van der Waals surface area contributed by atoms with Gasteiger partial charge in [-0.25, -0.2) is 4.68 Å². The Hall–Kier alpha value is -2.48. The van der Waals surface area contributed by atoms with E-state index in [1.165, 1.54) is 0 Å². The van der Waals surface area contributed by atoms with Crippen molar-refractivity contribution >= 4 is 23.5 Å². The molecular weight excluding hydrogens is 388 g/mol. The molecule has 1 atom stereocenters. The molecule has 0 unspecified atom stereocenters. The molecule has 154 valence electrons. The number of hydrogen-bond donors (Lipinski definition) is 1. The van der Waals surface area contributed by atoms with E-state index in [1.54, 1.807) is 26.0 Å². The van der Waals surface area contributed by atoms with E-state index in [4.69, 9.17) is 14.6 Å². The van der Waals surface area contributed by atoms with Crippen molar-refractivity contribution in [1.82, 2.24) is 14.8 Å². The maximum Gasteiger partial charge on any atom is 0.227 e. The van der Waals surface area contributed by atoms with E-state index >= 15 is 0 Å². The Bertz CT molecular complexity index is 996. The van der Waals surface area contributed by atoms with E-state index < -0.39 is 0 Å². The third-order valence-corrected chi connectivity index (χ3v) is 6.04. The number of rotatable bonds is 5. The number of fused-ring (bicyclic) bond motifs is 1. The van der Waals surface area contributed by atoms with Crippen LogP contribution >= 0.6 is 11.8 Å². The highest BCUT2D eigenvalue weighted by Crippen LogP contribution is 2.47. The van der Waals surface area contributed by atoms with Crippen LogP contribution in [0.3, 0.4) is 0 Å². The topological polar surface area (TPSA) is 78.3 Å². The minimum absolute atomic E-state index is 0.0966. The zero-order chi connectivity index (χ0) is 20.8. The Morgan fingerprint density at radius 1 is 1.28 bits per heavy atom. The van der Waals surface area contributed by atoms with Crippen molar-refractivity contribution in [3.05, 3.63) is 35.0 Å². The molecule has 7 nitrogen and oxygen atoms in total. The van der Waals surface area contributed by atoms with Gasteiger partial charge in [0.2, 0.25) is 11.1 Å². The number of nitrogens with zero attached hydrogens (tertiary/aromatic N) is 3. The molecule has 1 aliphatic heterocycles. The van der Waals surface area contributed by atoms with Gasteiger partial charge in [0, 0.05) is 29.3 Å². The first kappa shape index (κ1) is 19.8. The molecule has 2 heterocycles. The number of Topliss-reactive ketones (excluding diaryl/α,β-unsaturated/α-hetero) is 1. The predicted octanol–water partition coefficient (Wildman–Crippen LogP) is 4.07. The van der Waals surface area contributed by atoms with Crippen LogP contribution in [-0.2, 0) is 4.79 Å². The quantitative estimate of drug-likeness (QED) is 0.739. The number of hydrogen-bond acceptors (Lipinski definition) is 7. The molecule has 0 spiro atoms. The summed E-state index contributed by atoms with van der Waals surface area (Å²) in [4.78, 5) is 17.9. The monoisotopic (exact) mass is 414 g/mol. The number of ether oxygens (including phenoxy) is 2. The van der Waals surface area contributed by atoms with Gasteiger partial charge in [0.15, 0.2) is 5.78 Å². The summed E-state index contributed by atoms with van der Waals surface area (Å²) in [7, 11) is 3.25. The van der Waals surface area contributed by atoms with E-state index in [9.17, 15) is 4.79 Å². The lowest BCUT2D eigenvalue weighted by Gasteiger charge is -2.38. The van der Waals surface area contributed by atoms with Gasteiger partial charge in [-0.2, -0.15) is 4.98 Å². The van der Waals surface area contributed by atoms with Crippen LogP contribution in [0.5, 0.6) is 11.5 Å². The fourth-order valence-electron chi connectivity index (χ4n) is 4.11. The number of allylic oxidation sites excluding steroid dienone is 2. The molecule has 1 aromatic carbocycles. The number of thioether (sulfide) groups is 1. The van der Waals surface area contributed by atoms with E-state index in [0.717, 1.165) is 29.0 Å². The second kappa shape index (κ2) is 7.40. The number of benzene rings is 1. The second-order valence-corrected chi connectivity index (χ2v) is 9.30. The van der Waals surface area contributed by atoms with Gasteiger partial charge in [0.1, 0.15) is 17.5 Å². The number of ketones is 1. The van der Waals surface area contributed by atoms with Gasteiger partial charge in [-0.1, -0.05) is 32.5 Å². The van der Waals surface area contributed by atoms with Crippen LogP contribution in [0.25, 0.3) is 0 Å². The Balaban J connectivity index is 1.91. The molecule has 0 fully saturated rings. The average Bonchev–Trinajstić information content (AvgIpc) is 3.07. The molecule has 1 N–H and O–H groups in total. The first-order valence-electron chi connectivity index (χ1n) is 9.71. The van der Waals surface area contributed by atoms with Crippen molar-refractivity contribution in [2.24, 2.45) is 5.41 Å². The van der Waals surface area contributed by atoms with Crippen LogP contribution in [0.1, 0.15) is 45.2 Å². The molecule has 0 saturated carbocycles. The zero-order valence-corrected chi connectivity index (χ0v) is 18.2. The van der Waals surface area contributed by atoms with Crippen molar-refractivity contribution in [2.75, 3.05) is 25.3 Å². The Kier molecular flexibility index (Phi) is 5.06. The summed E-state index contributed by atoms with van der Waals surface area (Å²) in [6.07, 6.45) is 1.29. The van der Waals surface area contributed by atoms with Gasteiger partial charge in [-0.15, -0.1) is 5.10 Å². The smallest absolute Gasteiger partial charge is 0.227 e. The van der Waals surface area contributed by atoms with Crippen LogP contribution in [0.15, 0.2) is 34.6 Å². The number of methoxy groups -OCH3 is 2. The summed E-state index contributed by atoms with van der Waals surface area (Å²) < 4.78 is 12.8. The highest BCUT2D eigenvalue weighted by atomic mass is 32.2. The lowest BCUT2D eigenvalue weighted by molar-refractivity contribution is -0.118. The van der Waals surface area contributed by atoms with Gasteiger partial charge in [-0.05, 0) is 29.7 Å². The fourth-order valence-corrected chi connectivity index (χ4v) is 4.67. The van der Waals surface area contributed by atoms with Gasteiger partial charge in [0.05, 0.1) is 14.2 Å². The number of aromatic nitrogens is 3. The molecule has 1 aliphatic carbocycles. The van der Waals surface area contributed by atoms with Gasteiger partial charge in [0.25, 0.3) is 0 Å². The number of nitrogens with one attached hydrogen (secondary N) is 1. The molecule has 0 radical (unpaired) electrons. The summed E-state index contributed by atoms with van der Waals surface area (Å²) in [5.41, 5.74) is 2.45. The number of anilines is 1. The molecule has 0 bridgehead atoms. The zero-order valence-electron chi connectivity index (χ0n) is 17.4. The van der Waals surface area contributed by atoms with Crippen LogP contribution in [0.4, 0.5) is 5.95 Å². The molecule has 1 aromatic heterocycles. The highest BCUT2D eigenvalue weighted by molar-refractivity contribution is 7.99. The minimum atomic E-state index is -0.385. The van der Waals surface area contributed by atoms with Crippen LogP contribution < -0.4 is 14.8 Å². The summed E-state index contributed by atoms with van der Waals surface area (Å²) in [5, 5.41) is 8.80. The first-order valence-corrected chi connectivity index (χ1v) is 10.7. The summed E-state index contributed by atoms with van der Waals surface area (Å²) >= 11 is 1.58. The molecule has 2 aromatic rings. The van der Waals surface area contributed by atoms with E-state index in [-0.39, 0.29) is 17.2 Å². The van der Waals surface area contributed by atoms with Crippen molar-refractivity contribution < 1.29 is 14.3 Å². The van der Waals surface area contributed by atoms with Crippen LogP contribution in [0, 0.1) is 5.41 Å². The maximum absolute atomic E-state index is 13.3. The van der Waals surface area contributed by atoms with Crippen molar-refractivity contribution in [3.63, 3.8) is 0 Å². The molecule has 4 rings (SSSR count). The summed E-state index contributed by atoms with van der Waals surface area (Å²) in [5.74, 6) is 3.03. The Morgan fingerprint density at radius 2 is 2.07 bits per heavy atom. The van der Waals surface area contributed by atoms with E-state index in [2.05, 4.69) is 31.1 Å². The summed E-state index contributed by atoms with van der Waals surface area (Å²) in [6.45, 7) is 6.31. The van der Waals surface area contributed by atoms with Gasteiger partial charge >= 0.3 is 0 Å². The fraction of sp³-hybridized carbons (Fsp3) is 0.476. The van der Waals surface area contributed by atoms with Crippen molar-refractivity contribution in [1.29, 1.82) is 0 Å². The Labute approximate surface area is 174 Å². The Morgan fingerprint density at radius 3 is 2.76 bits per heavy atom. The molecule has 0 saturated heterocycles. The lowest BCUT2D eigenvalue weighted by atomic mass is 9.73. The van der Waals surface area contributed by atoms with Crippen molar-refractivity contribution in [3.8, 4) is 11.5 Å². The van der Waals surface area contributed by atoms with Gasteiger partial charge < -0.3 is 14.8 Å². The van der Waals surface area contributed by atoms with Crippen molar-refractivity contribution in [2.45, 2.75) is 44.8 Å². The molecule has 29 heavy (non-hydrogen) atoms. The first-order chi connectivity index (χ1) is 13.9. The second-order valence-electron chi connectivity index (χ2n) is 8.06. The molecular formula is C21H26N4O3S. The molecule has 8 heteroatoms. The van der Waals surface area contributed by atoms with E-state index in [1.807, 2.05) is 22.9 Å². The predicted molar refractivity (Wildman–Crippen MR) is 113 cm³/mol. The summed E-state index contributed by atoms with van der Waals surface area (Å²) in [6, 6.07) is 5.29. The number of carbonyl (C=O) groups is 1. The van der Waals surface area contributed by atoms with Crippen LogP contribution in [0.2, 0.25) is 0 Å². The standard InChI is InChI=1S/C21H26N4O3S/c1-6-29-20-23-19-22-14-10-21(2,3)11-15(26)17(14)18(25(19)24-20)13-8-7-12(27-4)9-16(13)28-5/h7-9,18H,6,10-11H2,1-5H3,(H,22,23,24)/t18-/m0/s1. The minimum Gasteiger partial charge on any atom is -0.497 e. The van der Waals surface area contributed by atoms with Gasteiger partial charge in [-0.3, -0.25) is 4.79 Å². The average molecular weight is 415 g/mol. The molecule has 2 aliphatic rings. The maximum atomic E-state index is 13.3. The van der Waals surface area contributed by atoms with E-state index in [0.29, 0.717) is 29.0 Å². The lowest BCUT2D eigenvalue weighted by Crippen LogP contribution is -2.36. The van der Waals surface area contributed by atoms with Crippen LogP contribution in [-0.4, -0.2) is 40.5 Å². The normalized spacial score (nSPS) is 20.0. The SMILES string of the molecule is CCSc1nc2n(n1)[C@@H](c1ccc(OC)cc1OC)C1=C(CC(C)(C)CC1=O)N2. The highest BCUT2D eigenvalue weighted by Gasteiger charge is 2.42.